The van der Waals surface area contributed by atoms with Gasteiger partial charge in [-0.05, 0) is 54.4 Å². The second kappa shape index (κ2) is 8.48. The van der Waals surface area contributed by atoms with Gasteiger partial charge in [0, 0.05) is 7.05 Å². The maximum Gasteiger partial charge on any atom is 0.186 e. The molecule has 0 saturated heterocycles. The minimum Gasteiger partial charge on any atom is -0.494 e. The first-order chi connectivity index (χ1) is 9.11. The van der Waals surface area contributed by atoms with Crippen molar-refractivity contribution < 1.29 is 4.74 Å². The molecule has 19 heavy (non-hydrogen) atoms. The maximum absolute atomic E-state index is 5.64. The lowest BCUT2D eigenvalue weighted by Crippen LogP contribution is -2.28. The monoisotopic (exact) mass is 279 g/mol. The third-order valence-electron chi connectivity index (χ3n) is 2.45. The molecule has 0 atom stereocenters. The van der Waals surface area contributed by atoms with Crippen LogP contribution in [0.2, 0.25) is 0 Å². The van der Waals surface area contributed by atoms with E-state index in [1.165, 1.54) is 0 Å². The van der Waals surface area contributed by atoms with Gasteiger partial charge in [-0.25, -0.2) is 0 Å². The highest BCUT2D eigenvalue weighted by molar-refractivity contribution is 7.80. The summed E-state index contributed by atoms with van der Waals surface area (Å²) in [5, 5.41) is 7.28. The molecule has 0 aromatic heterocycles. The number of rotatable bonds is 6. The van der Waals surface area contributed by atoms with Crippen molar-refractivity contribution in [3.05, 3.63) is 29.8 Å². The fourth-order valence-electron chi connectivity index (χ4n) is 1.28. The Labute approximate surface area is 120 Å². The van der Waals surface area contributed by atoms with Crippen LogP contribution in [-0.4, -0.2) is 25.0 Å². The summed E-state index contributed by atoms with van der Waals surface area (Å²) in [6.45, 7) is 5.13. The molecule has 0 aliphatic carbocycles. The first-order valence-electron chi connectivity index (χ1n) is 6.35. The molecule has 1 aromatic carbocycles. The minimum absolute atomic E-state index is 0.491. The highest BCUT2D eigenvalue weighted by atomic mass is 32.1. The van der Waals surface area contributed by atoms with Crippen molar-refractivity contribution in [2.75, 3.05) is 13.7 Å². The highest BCUT2D eigenvalue weighted by Crippen LogP contribution is 2.12. The quantitative estimate of drug-likeness (QED) is 0.477. The Kier molecular flexibility index (Phi) is 6.89. The van der Waals surface area contributed by atoms with Crippen molar-refractivity contribution in [2.24, 2.45) is 11.0 Å². The summed E-state index contributed by atoms with van der Waals surface area (Å²) in [7, 11) is 1.74. The van der Waals surface area contributed by atoms with E-state index in [0.717, 1.165) is 24.3 Å². The van der Waals surface area contributed by atoms with E-state index >= 15 is 0 Å². The summed E-state index contributed by atoms with van der Waals surface area (Å²) in [4.78, 5) is 0. The molecule has 1 rings (SSSR count). The zero-order chi connectivity index (χ0) is 14.1. The molecule has 0 aliphatic heterocycles. The van der Waals surface area contributed by atoms with Crippen molar-refractivity contribution >= 4 is 23.5 Å². The van der Waals surface area contributed by atoms with Gasteiger partial charge in [0.05, 0.1) is 12.8 Å². The number of nitrogens with zero attached hydrogens (tertiary/aromatic N) is 1. The van der Waals surface area contributed by atoms with Crippen LogP contribution < -0.4 is 15.5 Å². The predicted molar refractivity (Wildman–Crippen MR) is 83.8 cm³/mol. The van der Waals surface area contributed by atoms with Gasteiger partial charge in [0.2, 0.25) is 0 Å². The van der Waals surface area contributed by atoms with Crippen LogP contribution in [-0.2, 0) is 0 Å². The molecule has 0 fully saturated rings. The molecule has 0 radical (unpaired) electrons. The maximum atomic E-state index is 5.64. The number of hydrazone groups is 1. The van der Waals surface area contributed by atoms with Crippen molar-refractivity contribution in [1.29, 1.82) is 0 Å². The van der Waals surface area contributed by atoms with E-state index in [1.807, 2.05) is 24.3 Å². The van der Waals surface area contributed by atoms with Crippen molar-refractivity contribution in [3.63, 3.8) is 0 Å². The van der Waals surface area contributed by atoms with Gasteiger partial charge in [-0.2, -0.15) is 5.10 Å². The van der Waals surface area contributed by atoms with Crippen LogP contribution in [0.25, 0.3) is 0 Å². The summed E-state index contributed by atoms with van der Waals surface area (Å²) in [6, 6.07) is 7.80. The SMILES string of the molecule is CNC(=S)NN=Cc1ccc(OCCC(C)C)cc1. The molecule has 4 nitrogen and oxygen atoms in total. The number of nitrogens with one attached hydrogen (secondary N) is 2. The van der Waals surface area contributed by atoms with Crippen LogP contribution in [0.5, 0.6) is 5.75 Å². The largest absolute Gasteiger partial charge is 0.494 e. The Bertz CT molecular complexity index is 415. The van der Waals surface area contributed by atoms with Crippen LogP contribution >= 0.6 is 12.2 Å². The van der Waals surface area contributed by atoms with E-state index in [9.17, 15) is 0 Å². The molecule has 0 spiro atoms. The average molecular weight is 279 g/mol. The molecule has 2 N–H and O–H groups in total. The van der Waals surface area contributed by atoms with Gasteiger partial charge in [-0.1, -0.05) is 13.8 Å². The average Bonchev–Trinajstić information content (AvgIpc) is 2.40. The predicted octanol–water partition coefficient (Wildman–Crippen LogP) is 2.54. The second-order valence-electron chi connectivity index (χ2n) is 4.55. The smallest absolute Gasteiger partial charge is 0.186 e. The number of hydrogen-bond acceptors (Lipinski definition) is 3. The van der Waals surface area contributed by atoms with Gasteiger partial charge in [0.15, 0.2) is 5.11 Å². The fourth-order valence-corrected chi connectivity index (χ4v) is 1.34. The number of benzene rings is 1. The highest BCUT2D eigenvalue weighted by Gasteiger charge is 1.96. The molecular weight excluding hydrogens is 258 g/mol. The van der Waals surface area contributed by atoms with Crippen LogP contribution in [0.3, 0.4) is 0 Å². The second-order valence-corrected chi connectivity index (χ2v) is 4.96. The van der Waals surface area contributed by atoms with Gasteiger partial charge in [0.1, 0.15) is 5.75 Å². The lowest BCUT2D eigenvalue weighted by Gasteiger charge is -2.08. The lowest BCUT2D eigenvalue weighted by molar-refractivity contribution is 0.289. The zero-order valence-corrected chi connectivity index (χ0v) is 12.5. The molecule has 104 valence electrons. The summed E-state index contributed by atoms with van der Waals surface area (Å²) < 4.78 is 5.64. The molecule has 0 amide bonds. The normalized spacial score (nSPS) is 10.7. The Morgan fingerprint density at radius 2 is 2.05 bits per heavy atom. The Hall–Kier alpha value is -1.62. The van der Waals surface area contributed by atoms with Crippen molar-refractivity contribution in [1.82, 2.24) is 10.7 Å². The van der Waals surface area contributed by atoms with Gasteiger partial charge >= 0.3 is 0 Å². The summed E-state index contributed by atoms with van der Waals surface area (Å²) in [6.07, 6.45) is 2.77. The molecular formula is C14H21N3OS. The van der Waals surface area contributed by atoms with Gasteiger partial charge in [0.25, 0.3) is 0 Å². The van der Waals surface area contributed by atoms with Crippen molar-refractivity contribution in [2.45, 2.75) is 20.3 Å². The third kappa shape index (κ3) is 6.76. The first-order valence-corrected chi connectivity index (χ1v) is 6.76. The van der Waals surface area contributed by atoms with Crippen LogP contribution in [0, 0.1) is 5.92 Å². The lowest BCUT2D eigenvalue weighted by atomic mass is 10.1. The Morgan fingerprint density at radius 3 is 2.63 bits per heavy atom. The third-order valence-corrected chi connectivity index (χ3v) is 2.75. The molecule has 0 bridgehead atoms. The zero-order valence-electron chi connectivity index (χ0n) is 11.6. The molecule has 1 aromatic rings. The Balaban J connectivity index is 2.41. The minimum atomic E-state index is 0.491. The van der Waals surface area contributed by atoms with E-state index in [2.05, 4.69) is 29.7 Å². The van der Waals surface area contributed by atoms with Gasteiger partial charge < -0.3 is 10.1 Å². The van der Waals surface area contributed by atoms with Crippen LogP contribution in [0.1, 0.15) is 25.8 Å². The molecule has 0 unspecified atom stereocenters. The number of hydrogen-bond donors (Lipinski definition) is 2. The van der Waals surface area contributed by atoms with E-state index < -0.39 is 0 Å². The molecule has 0 aliphatic rings. The topological polar surface area (TPSA) is 45.7 Å². The van der Waals surface area contributed by atoms with Crippen molar-refractivity contribution in [3.8, 4) is 5.75 Å². The number of thiocarbonyl (C=S) groups is 1. The van der Waals surface area contributed by atoms with E-state index in [0.29, 0.717) is 11.0 Å². The van der Waals surface area contributed by atoms with Gasteiger partial charge in [-0.3, -0.25) is 5.43 Å². The van der Waals surface area contributed by atoms with E-state index in [4.69, 9.17) is 17.0 Å². The molecule has 0 heterocycles. The summed E-state index contributed by atoms with van der Waals surface area (Å²) >= 11 is 4.90. The van der Waals surface area contributed by atoms with Crippen LogP contribution in [0.4, 0.5) is 0 Å². The molecule has 5 heteroatoms. The van der Waals surface area contributed by atoms with E-state index in [-0.39, 0.29) is 0 Å². The summed E-state index contributed by atoms with van der Waals surface area (Å²) in [5.74, 6) is 1.55. The fraction of sp³-hybridized carbons (Fsp3) is 0.429. The standard InChI is InChI=1S/C14H21N3OS/c1-11(2)8-9-18-13-6-4-12(5-7-13)10-16-17-14(19)15-3/h4-7,10-11H,8-9H2,1-3H3,(H2,15,17,19). The summed E-state index contributed by atoms with van der Waals surface area (Å²) in [5.41, 5.74) is 3.69. The van der Waals surface area contributed by atoms with Crippen LogP contribution in [0.15, 0.2) is 29.4 Å². The molecule has 0 saturated carbocycles. The Morgan fingerprint density at radius 1 is 1.37 bits per heavy atom. The van der Waals surface area contributed by atoms with Gasteiger partial charge in [-0.15, -0.1) is 0 Å². The van der Waals surface area contributed by atoms with E-state index in [1.54, 1.807) is 13.3 Å². The number of ether oxygens (including phenoxy) is 1. The first kappa shape index (κ1) is 15.4.